The molecule has 21 heavy (non-hydrogen) atoms. The van der Waals surface area contributed by atoms with Crippen LogP contribution in [0.2, 0.25) is 0 Å². The molecule has 0 saturated heterocycles. The van der Waals surface area contributed by atoms with Crippen LogP contribution in [0.15, 0.2) is 18.2 Å². The topological polar surface area (TPSA) is 79.3 Å². The van der Waals surface area contributed by atoms with Gasteiger partial charge in [-0.1, -0.05) is 0 Å². The fourth-order valence-corrected chi connectivity index (χ4v) is 1.92. The minimum atomic E-state index is -0.390. The molecule has 5 nitrogen and oxygen atoms in total. The predicted octanol–water partition coefficient (Wildman–Crippen LogP) is 2.82. The maximum atomic E-state index is 12.1. The van der Waals surface area contributed by atoms with E-state index in [4.69, 9.17) is 15.7 Å². The molecule has 0 aliphatic rings. The maximum Gasteiger partial charge on any atom is 0.340 e. The minimum absolute atomic E-state index is 0.297. The summed E-state index contributed by atoms with van der Waals surface area (Å²) in [7, 11) is 3.72. The largest absolute Gasteiger partial charge is 0.462 e. The molecule has 0 aliphatic heterocycles. The van der Waals surface area contributed by atoms with Crippen molar-refractivity contribution in [1.82, 2.24) is 0 Å². The molecule has 0 unspecified atom stereocenters. The van der Waals surface area contributed by atoms with Crippen molar-refractivity contribution >= 4 is 17.3 Å². The summed E-state index contributed by atoms with van der Waals surface area (Å²) < 4.78 is 5.28. The summed E-state index contributed by atoms with van der Waals surface area (Å²) in [6.07, 6.45) is 1.35. The van der Waals surface area contributed by atoms with Gasteiger partial charge in [0.05, 0.1) is 29.3 Å². The van der Waals surface area contributed by atoms with Crippen molar-refractivity contribution < 1.29 is 9.53 Å². The molecule has 0 bridgehead atoms. The highest BCUT2D eigenvalue weighted by atomic mass is 16.5. The van der Waals surface area contributed by atoms with Gasteiger partial charge in [-0.25, -0.2) is 4.79 Å². The lowest BCUT2D eigenvalue weighted by Gasteiger charge is -2.18. The summed E-state index contributed by atoms with van der Waals surface area (Å²) in [5, 5.41) is 8.93. The van der Waals surface area contributed by atoms with Crippen molar-refractivity contribution in [2.75, 3.05) is 31.3 Å². The fourth-order valence-electron chi connectivity index (χ4n) is 1.92. The quantitative estimate of drug-likeness (QED) is 0.495. The van der Waals surface area contributed by atoms with Crippen LogP contribution < -0.4 is 10.6 Å². The van der Waals surface area contributed by atoms with Crippen LogP contribution in [0.25, 0.3) is 0 Å². The van der Waals surface area contributed by atoms with Gasteiger partial charge >= 0.3 is 5.97 Å². The Morgan fingerprint density at radius 2 is 2.10 bits per heavy atom. The third-order valence-corrected chi connectivity index (χ3v) is 3.20. The van der Waals surface area contributed by atoms with E-state index >= 15 is 0 Å². The summed E-state index contributed by atoms with van der Waals surface area (Å²) >= 11 is 0. The van der Waals surface area contributed by atoms with Gasteiger partial charge in [-0.15, -0.1) is 0 Å². The van der Waals surface area contributed by atoms with Crippen molar-refractivity contribution in [3.8, 4) is 6.07 Å². The highest BCUT2D eigenvalue weighted by molar-refractivity contribution is 5.96. The predicted molar refractivity (Wildman–Crippen MR) is 84.1 cm³/mol. The zero-order valence-electron chi connectivity index (χ0n) is 13.1. The first-order valence-corrected chi connectivity index (χ1v) is 6.92. The molecule has 1 aromatic rings. The van der Waals surface area contributed by atoms with Gasteiger partial charge < -0.3 is 15.4 Å². The van der Waals surface area contributed by atoms with Gasteiger partial charge in [0.25, 0.3) is 0 Å². The molecule has 5 heteroatoms. The molecule has 0 aromatic heterocycles. The van der Waals surface area contributed by atoms with Gasteiger partial charge in [0.15, 0.2) is 0 Å². The number of nitrogens with two attached hydrogens (primary N) is 1. The van der Waals surface area contributed by atoms with E-state index in [-0.39, 0.29) is 5.97 Å². The molecular formula is C16H23N3O2. The van der Waals surface area contributed by atoms with Crippen molar-refractivity contribution in [1.29, 1.82) is 5.26 Å². The number of carbonyl (C=O) groups excluding carboxylic acids is 1. The monoisotopic (exact) mass is 289 g/mol. The number of nitrogens with zero attached hydrogens (tertiary/aromatic N) is 2. The van der Waals surface area contributed by atoms with Gasteiger partial charge in [-0.3, -0.25) is 0 Å². The van der Waals surface area contributed by atoms with E-state index in [1.165, 1.54) is 0 Å². The smallest absolute Gasteiger partial charge is 0.340 e. The second-order valence-corrected chi connectivity index (χ2v) is 5.91. The van der Waals surface area contributed by atoms with Crippen molar-refractivity contribution in [3.05, 3.63) is 23.8 Å². The molecule has 0 saturated carbocycles. The SMILES string of the molecule is CN(C)c1ccc(N)cc1C(=O)OCCCC(C)(C)C#N. The van der Waals surface area contributed by atoms with Gasteiger partial charge in [0, 0.05) is 19.8 Å². The first-order chi connectivity index (χ1) is 9.76. The fraction of sp³-hybridized carbons (Fsp3) is 0.500. The zero-order valence-corrected chi connectivity index (χ0v) is 13.1. The number of anilines is 2. The minimum Gasteiger partial charge on any atom is -0.462 e. The Hall–Kier alpha value is -2.22. The average molecular weight is 289 g/mol. The van der Waals surface area contributed by atoms with Crippen LogP contribution in [0.1, 0.15) is 37.0 Å². The number of esters is 1. The molecule has 0 aliphatic carbocycles. The Morgan fingerprint density at radius 3 is 2.67 bits per heavy atom. The molecular weight excluding hydrogens is 266 g/mol. The van der Waals surface area contributed by atoms with Gasteiger partial charge in [0.2, 0.25) is 0 Å². The molecule has 114 valence electrons. The van der Waals surface area contributed by atoms with Crippen LogP contribution in [0.4, 0.5) is 11.4 Å². The van der Waals surface area contributed by atoms with E-state index in [2.05, 4.69) is 6.07 Å². The number of hydrogen-bond acceptors (Lipinski definition) is 5. The number of nitriles is 1. The van der Waals surface area contributed by atoms with E-state index in [0.717, 1.165) is 5.69 Å². The van der Waals surface area contributed by atoms with E-state index in [9.17, 15) is 4.79 Å². The van der Waals surface area contributed by atoms with E-state index in [1.807, 2.05) is 32.8 Å². The zero-order chi connectivity index (χ0) is 16.0. The number of hydrogen-bond donors (Lipinski definition) is 1. The number of nitrogen functional groups attached to an aromatic ring is 1. The van der Waals surface area contributed by atoms with Crippen LogP contribution >= 0.6 is 0 Å². The van der Waals surface area contributed by atoms with Crippen molar-refractivity contribution in [2.24, 2.45) is 5.41 Å². The lowest BCUT2D eigenvalue weighted by molar-refractivity contribution is 0.0492. The summed E-state index contributed by atoms with van der Waals surface area (Å²) in [5.74, 6) is -0.388. The summed E-state index contributed by atoms with van der Waals surface area (Å²) in [6.45, 7) is 4.04. The molecule has 0 fully saturated rings. The molecule has 0 spiro atoms. The molecule has 0 radical (unpaired) electrons. The summed E-state index contributed by atoms with van der Waals surface area (Å²) in [5.41, 5.74) is 7.10. The Kier molecular flexibility index (Phi) is 5.60. The molecule has 1 rings (SSSR count). The van der Waals surface area contributed by atoms with Gasteiger partial charge in [-0.2, -0.15) is 5.26 Å². The summed E-state index contributed by atoms with van der Waals surface area (Å²) in [6, 6.07) is 7.40. The Balaban J connectivity index is 2.65. The van der Waals surface area contributed by atoms with Crippen LogP contribution in [0.3, 0.4) is 0 Å². The second-order valence-electron chi connectivity index (χ2n) is 5.91. The van der Waals surface area contributed by atoms with Crippen molar-refractivity contribution in [3.63, 3.8) is 0 Å². The van der Waals surface area contributed by atoms with Crippen LogP contribution in [0.5, 0.6) is 0 Å². The van der Waals surface area contributed by atoms with E-state index in [1.54, 1.807) is 18.2 Å². The Morgan fingerprint density at radius 1 is 1.43 bits per heavy atom. The van der Waals surface area contributed by atoms with Crippen LogP contribution in [-0.4, -0.2) is 26.7 Å². The Bertz CT molecular complexity index is 545. The number of ether oxygens (including phenoxy) is 1. The molecule has 0 amide bonds. The average Bonchev–Trinajstić information content (AvgIpc) is 2.43. The molecule has 1 aromatic carbocycles. The third kappa shape index (κ3) is 4.99. The number of benzene rings is 1. The van der Waals surface area contributed by atoms with E-state index in [0.29, 0.717) is 30.7 Å². The number of carbonyl (C=O) groups is 1. The lowest BCUT2D eigenvalue weighted by Crippen LogP contribution is -2.17. The molecule has 0 heterocycles. The van der Waals surface area contributed by atoms with Gasteiger partial charge in [-0.05, 0) is 44.9 Å². The maximum absolute atomic E-state index is 12.1. The first kappa shape index (κ1) is 16.8. The van der Waals surface area contributed by atoms with Gasteiger partial charge in [0.1, 0.15) is 0 Å². The molecule has 0 atom stereocenters. The van der Waals surface area contributed by atoms with E-state index < -0.39 is 5.41 Å². The lowest BCUT2D eigenvalue weighted by atomic mass is 9.90. The highest BCUT2D eigenvalue weighted by Gasteiger charge is 2.18. The van der Waals surface area contributed by atoms with Crippen LogP contribution in [0, 0.1) is 16.7 Å². The van der Waals surface area contributed by atoms with Crippen molar-refractivity contribution in [2.45, 2.75) is 26.7 Å². The molecule has 2 N–H and O–H groups in total. The highest BCUT2D eigenvalue weighted by Crippen LogP contribution is 2.23. The standard InChI is InChI=1S/C16H23N3O2/c1-16(2,11-17)8-5-9-21-15(20)13-10-12(18)6-7-14(13)19(3)4/h6-7,10H,5,8-9,18H2,1-4H3. The summed E-state index contributed by atoms with van der Waals surface area (Å²) in [4.78, 5) is 14.0. The first-order valence-electron chi connectivity index (χ1n) is 6.92. The third-order valence-electron chi connectivity index (χ3n) is 3.20. The number of rotatable bonds is 6. The second kappa shape index (κ2) is 6.98. The normalized spacial score (nSPS) is 10.8. The Labute approximate surface area is 126 Å². The van der Waals surface area contributed by atoms with Crippen LogP contribution in [-0.2, 0) is 4.74 Å².